The Labute approximate surface area is 64.5 Å². The molecular formula is C4H12N3Pt+. The minimum absolute atomic E-state index is 0. The summed E-state index contributed by atoms with van der Waals surface area (Å²) in [4.78, 5) is 0. The Kier molecular flexibility index (Phi) is 15.0. The van der Waals surface area contributed by atoms with E-state index in [4.69, 9.17) is 11.5 Å². The maximum absolute atomic E-state index is 5.13. The standard InChI is InChI=1S/C4H12N3.Pt/c5-1-3-7-4-2-6;/h1-6H2;/q-1;+2. The summed E-state index contributed by atoms with van der Waals surface area (Å²) in [6, 6.07) is 0. The summed E-state index contributed by atoms with van der Waals surface area (Å²) in [5.74, 6) is 0. The number of nitrogens with zero attached hydrogens (tertiary/aromatic N) is 1. The SMILES string of the molecule is NCC[N-]CCN.[Pt+2]. The normalized spacial score (nSPS) is 8.25. The maximum Gasteiger partial charge on any atom is 2.00 e. The van der Waals surface area contributed by atoms with Crippen LogP contribution >= 0.6 is 0 Å². The summed E-state index contributed by atoms with van der Waals surface area (Å²) in [5.41, 5.74) is 10.3. The molecule has 0 saturated carbocycles. The number of hydrogen-bond donors (Lipinski definition) is 2. The molecule has 4 heteroatoms. The van der Waals surface area contributed by atoms with Gasteiger partial charge in [-0.05, 0) is 13.1 Å². The van der Waals surface area contributed by atoms with Crippen LogP contribution in [-0.2, 0) is 21.1 Å². The summed E-state index contributed by atoms with van der Waals surface area (Å²) in [5, 5.41) is 3.96. The summed E-state index contributed by atoms with van der Waals surface area (Å²) >= 11 is 0. The predicted molar refractivity (Wildman–Crippen MR) is 31.2 cm³/mol. The molecule has 3 nitrogen and oxygen atoms in total. The number of nitrogens with two attached hydrogens (primary N) is 2. The average molecular weight is 297 g/mol. The van der Waals surface area contributed by atoms with Crippen molar-refractivity contribution in [1.82, 2.24) is 0 Å². The third-order valence-corrected chi connectivity index (χ3v) is 0.574. The van der Waals surface area contributed by atoms with E-state index < -0.39 is 0 Å². The first-order chi connectivity index (χ1) is 3.41. The van der Waals surface area contributed by atoms with E-state index in [1.165, 1.54) is 0 Å². The Morgan fingerprint density at radius 3 is 1.62 bits per heavy atom. The molecule has 0 unspecified atom stereocenters. The van der Waals surface area contributed by atoms with Gasteiger partial charge in [-0.2, -0.15) is 0 Å². The predicted octanol–water partition coefficient (Wildman–Crippen LogP) is -0.725. The molecule has 0 aliphatic heterocycles. The molecule has 0 rings (SSSR count). The third kappa shape index (κ3) is 9.76. The quantitative estimate of drug-likeness (QED) is 0.672. The maximum atomic E-state index is 5.13. The molecule has 0 aromatic carbocycles. The smallest absolute Gasteiger partial charge is 0.660 e. The summed E-state index contributed by atoms with van der Waals surface area (Å²) < 4.78 is 0. The molecule has 0 aromatic rings. The van der Waals surface area contributed by atoms with Crippen molar-refractivity contribution in [2.45, 2.75) is 0 Å². The molecule has 0 fully saturated rings. The van der Waals surface area contributed by atoms with E-state index in [-0.39, 0.29) is 21.1 Å². The van der Waals surface area contributed by atoms with Gasteiger partial charge in [0.2, 0.25) is 0 Å². The van der Waals surface area contributed by atoms with E-state index in [1.54, 1.807) is 0 Å². The van der Waals surface area contributed by atoms with Crippen LogP contribution in [0.15, 0.2) is 0 Å². The van der Waals surface area contributed by atoms with Crippen LogP contribution in [0.2, 0.25) is 0 Å². The first kappa shape index (κ1) is 11.4. The van der Waals surface area contributed by atoms with Crippen LogP contribution in [0.3, 0.4) is 0 Å². The van der Waals surface area contributed by atoms with E-state index in [0.29, 0.717) is 13.1 Å². The van der Waals surface area contributed by atoms with Crippen molar-refractivity contribution in [2.24, 2.45) is 11.5 Å². The van der Waals surface area contributed by atoms with Gasteiger partial charge in [-0.15, -0.1) is 13.1 Å². The Morgan fingerprint density at radius 1 is 1.00 bits per heavy atom. The minimum Gasteiger partial charge on any atom is -0.660 e. The average Bonchev–Trinajstić information content (AvgIpc) is 1.69. The summed E-state index contributed by atoms with van der Waals surface area (Å²) in [6.45, 7) is 2.77. The summed E-state index contributed by atoms with van der Waals surface area (Å²) in [6.07, 6.45) is 0. The van der Waals surface area contributed by atoms with Crippen LogP contribution in [0.1, 0.15) is 0 Å². The number of hydrogen-bond acceptors (Lipinski definition) is 2. The third-order valence-electron chi connectivity index (χ3n) is 0.574. The van der Waals surface area contributed by atoms with Crippen molar-refractivity contribution >= 4 is 0 Å². The monoisotopic (exact) mass is 297 g/mol. The molecule has 52 valence electrons. The van der Waals surface area contributed by atoms with Gasteiger partial charge < -0.3 is 16.8 Å². The molecule has 0 saturated heterocycles. The van der Waals surface area contributed by atoms with Crippen LogP contribution in [0.25, 0.3) is 5.32 Å². The summed E-state index contributed by atoms with van der Waals surface area (Å²) in [7, 11) is 0. The van der Waals surface area contributed by atoms with Crippen molar-refractivity contribution in [2.75, 3.05) is 26.2 Å². The van der Waals surface area contributed by atoms with Crippen molar-refractivity contribution in [1.29, 1.82) is 0 Å². The fourth-order valence-corrected chi connectivity index (χ4v) is 0.294. The molecule has 0 aliphatic rings. The Balaban J connectivity index is 0. The molecule has 0 aromatic heterocycles. The van der Waals surface area contributed by atoms with Crippen molar-refractivity contribution < 1.29 is 21.1 Å². The first-order valence-electron chi connectivity index (χ1n) is 2.45. The molecule has 0 spiro atoms. The minimum atomic E-state index is 0. The molecule has 0 amide bonds. The fourth-order valence-electron chi connectivity index (χ4n) is 0.294. The zero-order chi connectivity index (χ0) is 5.54. The largest absolute Gasteiger partial charge is 2.00 e. The van der Waals surface area contributed by atoms with Gasteiger partial charge in [-0.1, -0.05) is 0 Å². The molecular weight excluding hydrogens is 285 g/mol. The van der Waals surface area contributed by atoms with Crippen molar-refractivity contribution in [3.8, 4) is 0 Å². The van der Waals surface area contributed by atoms with Gasteiger partial charge in [-0.3, -0.25) is 0 Å². The van der Waals surface area contributed by atoms with Crippen molar-refractivity contribution in [3.05, 3.63) is 5.32 Å². The molecule has 4 N–H and O–H groups in total. The van der Waals surface area contributed by atoms with Crippen LogP contribution in [0.4, 0.5) is 0 Å². The van der Waals surface area contributed by atoms with E-state index in [2.05, 4.69) is 5.32 Å². The molecule has 0 aliphatic carbocycles. The van der Waals surface area contributed by atoms with Crippen LogP contribution < -0.4 is 11.5 Å². The van der Waals surface area contributed by atoms with Crippen LogP contribution in [-0.4, -0.2) is 26.2 Å². The van der Waals surface area contributed by atoms with Gasteiger partial charge in [-0.25, -0.2) is 0 Å². The topological polar surface area (TPSA) is 66.1 Å². The van der Waals surface area contributed by atoms with Crippen LogP contribution in [0, 0.1) is 0 Å². The Bertz CT molecular complexity index is 30.5. The van der Waals surface area contributed by atoms with Gasteiger partial charge in [0.25, 0.3) is 0 Å². The van der Waals surface area contributed by atoms with Gasteiger partial charge in [0.1, 0.15) is 0 Å². The Morgan fingerprint density at radius 2 is 1.38 bits per heavy atom. The van der Waals surface area contributed by atoms with Gasteiger partial charge in [0.05, 0.1) is 0 Å². The Hall–Kier alpha value is 0.568. The van der Waals surface area contributed by atoms with E-state index in [1.807, 2.05) is 0 Å². The molecule has 0 bridgehead atoms. The number of rotatable bonds is 4. The van der Waals surface area contributed by atoms with E-state index in [9.17, 15) is 0 Å². The second kappa shape index (κ2) is 10.5. The fraction of sp³-hybridized carbons (Fsp3) is 1.00. The van der Waals surface area contributed by atoms with Crippen LogP contribution in [0.5, 0.6) is 0 Å². The molecule has 8 heavy (non-hydrogen) atoms. The van der Waals surface area contributed by atoms with Crippen molar-refractivity contribution in [3.63, 3.8) is 0 Å². The second-order valence-corrected chi connectivity index (χ2v) is 1.25. The zero-order valence-corrected chi connectivity index (χ0v) is 7.02. The van der Waals surface area contributed by atoms with E-state index in [0.717, 1.165) is 13.1 Å². The molecule has 0 atom stereocenters. The first-order valence-corrected chi connectivity index (χ1v) is 2.45. The second-order valence-electron chi connectivity index (χ2n) is 1.25. The van der Waals surface area contributed by atoms with E-state index >= 15 is 0 Å². The van der Waals surface area contributed by atoms with Gasteiger partial charge in [0, 0.05) is 0 Å². The van der Waals surface area contributed by atoms with Gasteiger partial charge in [0.15, 0.2) is 0 Å². The molecule has 0 heterocycles. The molecule has 0 radical (unpaired) electrons. The zero-order valence-electron chi connectivity index (χ0n) is 4.75. The van der Waals surface area contributed by atoms with Gasteiger partial charge >= 0.3 is 21.1 Å².